The highest BCUT2D eigenvalue weighted by molar-refractivity contribution is 6.00. The molecule has 2 aliphatic carbocycles. The second-order valence-corrected chi connectivity index (χ2v) is 10.8. The molecule has 0 bridgehead atoms. The number of carbonyl (C=O) groups is 4. The Bertz CT molecular complexity index is 1180. The zero-order chi connectivity index (χ0) is 26.7. The van der Waals surface area contributed by atoms with Crippen LogP contribution in [0.1, 0.15) is 62.5 Å². The average molecular weight is 518 g/mol. The minimum Gasteiger partial charge on any atom is -0.372 e. The van der Waals surface area contributed by atoms with Gasteiger partial charge in [0.25, 0.3) is 5.91 Å². The number of carbonyl (C=O) groups excluding carboxylic acids is 4. The van der Waals surface area contributed by atoms with Gasteiger partial charge in [0.15, 0.2) is 5.60 Å². The average Bonchev–Trinajstić information content (AvgIpc) is 3.47. The van der Waals surface area contributed by atoms with Crippen LogP contribution in [0.3, 0.4) is 0 Å². The molecule has 0 spiro atoms. The number of hydrogen-bond donors (Lipinski definition) is 4. The van der Waals surface area contributed by atoms with Gasteiger partial charge in [-0.3, -0.25) is 14.4 Å². The second-order valence-electron chi connectivity index (χ2n) is 10.8. The van der Waals surface area contributed by atoms with Crippen LogP contribution in [0.5, 0.6) is 0 Å². The molecule has 8 heteroatoms. The molecule has 1 saturated heterocycles. The van der Waals surface area contributed by atoms with Crippen LogP contribution in [0, 0.1) is 11.8 Å². The van der Waals surface area contributed by atoms with Gasteiger partial charge in [-0.2, -0.15) is 0 Å². The van der Waals surface area contributed by atoms with Gasteiger partial charge in [0.05, 0.1) is 6.04 Å². The third-order valence-corrected chi connectivity index (χ3v) is 8.36. The molecule has 1 heterocycles. The van der Waals surface area contributed by atoms with E-state index < -0.39 is 29.5 Å². The second kappa shape index (κ2) is 11.1. The molecule has 5 rings (SSSR count). The van der Waals surface area contributed by atoms with Crippen LogP contribution in [-0.4, -0.2) is 47.7 Å². The number of aliphatic hydroxyl groups is 1. The Kier molecular flexibility index (Phi) is 7.61. The fourth-order valence-electron chi connectivity index (χ4n) is 6.32. The Balaban J connectivity index is 1.38. The van der Waals surface area contributed by atoms with Crippen molar-refractivity contribution in [2.75, 3.05) is 6.54 Å². The molecule has 8 nitrogen and oxygen atoms in total. The largest absolute Gasteiger partial charge is 0.372 e. The molecule has 1 aliphatic heterocycles. The van der Waals surface area contributed by atoms with Crippen molar-refractivity contribution >= 4 is 24.0 Å². The molecule has 1 saturated carbocycles. The van der Waals surface area contributed by atoms with E-state index in [1.807, 2.05) is 24.3 Å². The highest BCUT2D eigenvalue weighted by Crippen LogP contribution is 2.47. The summed E-state index contributed by atoms with van der Waals surface area (Å²) in [6.07, 6.45) is 7.15. The Hall–Kier alpha value is -3.52. The lowest BCUT2D eigenvalue weighted by Crippen LogP contribution is -2.55. The first-order chi connectivity index (χ1) is 18.4. The van der Waals surface area contributed by atoms with Gasteiger partial charge in [0.1, 0.15) is 12.3 Å². The van der Waals surface area contributed by atoms with Gasteiger partial charge in [-0.25, -0.2) is 0 Å². The number of benzene rings is 2. The summed E-state index contributed by atoms with van der Waals surface area (Å²) in [6.45, 7) is 0.560. The van der Waals surface area contributed by atoms with E-state index in [0.717, 1.165) is 43.2 Å². The molecule has 0 radical (unpaired) electrons. The van der Waals surface area contributed by atoms with Gasteiger partial charge < -0.3 is 25.9 Å². The normalized spacial score (nSPS) is 21.5. The number of amides is 3. The van der Waals surface area contributed by atoms with Crippen molar-refractivity contribution in [1.82, 2.24) is 16.0 Å². The van der Waals surface area contributed by atoms with Gasteiger partial charge in [0, 0.05) is 23.6 Å². The first-order valence-corrected chi connectivity index (χ1v) is 13.7. The Morgan fingerprint density at radius 2 is 1.58 bits per heavy atom. The molecule has 38 heavy (non-hydrogen) atoms. The quantitative estimate of drug-likeness (QED) is 0.381. The summed E-state index contributed by atoms with van der Waals surface area (Å²) in [6, 6.07) is 12.8. The highest BCUT2D eigenvalue weighted by Gasteiger charge is 2.48. The fourth-order valence-corrected chi connectivity index (χ4v) is 6.32. The first-order valence-electron chi connectivity index (χ1n) is 13.7. The Morgan fingerprint density at radius 3 is 2.16 bits per heavy atom. The predicted octanol–water partition coefficient (Wildman–Crippen LogP) is 2.57. The summed E-state index contributed by atoms with van der Waals surface area (Å²) >= 11 is 0. The molecule has 200 valence electrons. The Morgan fingerprint density at radius 1 is 0.947 bits per heavy atom. The van der Waals surface area contributed by atoms with Crippen LogP contribution >= 0.6 is 0 Å². The van der Waals surface area contributed by atoms with E-state index >= 15 is 0 Å². The summed E-state index contributed by atoms with van der Waals surface area (Å²) in [5.74, 6) is -1.32. The number of fused-ring (bicyclic) bond motifs is 3. The first kappa shape index (κ1) is 26.1. The van der Waals surface area contributed by atoms with E-state index in [2.05, 4.69) is 16.0 Å². The van der Waals surface area contributed by atoms with Crippen LogP contribution in [0.25, 0.3) is 11.1 Å². The minimum absolute atomic E-state index is 0.112. The summed E-state index contributed by atoms with van der Waals surface area (Å²) in [5.41, 5.74) is 0.585. The molecule has 3 amide bonds. The van der Waals surface area contributed by atoms with E-state index in [1.54, 1.807) is 24.3 Å². The van der Waals surface area contributed by atoms with Crippen molar-refractivity contribution in [1.29, 1.82) is 0 Å². The van der Waals surface area contributed by atoms with E-state index in [0.29, 0.717) is 36.8 Å². The summed E-state index contributed by atoms with van der Waals surface area (Å²) in [5, 5.41) is 20.3. The SMILES string of the molecule is O=C[C@H](C[C@H]1CCNC1=O)NC(=O)[C@H](CC1CCCCC1)NC(=O)C1(O)c2ccccc2-c2ccccc21. The Labute approximate surface area is 222 Å². The third-order valence-electron chi connectivity index (χ3n) is 8.36. The van der Waals surface area contributed by atoms with Crippen LogP contribution in [0.15, 0.2) is 48.5 Å². The van der Waals surface area contributed by atoms with E-state index in [9.17, 15) is 24.3 Å². The summed E-state index contributed by atoms with van der Waals surface area (Å²) < 4.78 is 0. The van der Waals surface area contributed by atoms with E-state index in [1.165, 1.54) is 0 Å². The lowest BCUT2D eigenvalue weighted by atomic mass is 9.84. The van der Waals surface area contributed by atoms with Crippen LogP contribution in [-0.2, 0) is 24.8 Å². The van der Waals surface area contributed by atoms with Gasteiger partial charge in [-0.1, -0.05) is 80.6 Å². The van der Waals surface area contributed by atoms with Gasteiger partial charge in [-0.05, 0) is 36.3 Å². The van der Waals surface area contributed by atoms with Gasteiger partial charge in [0.2, 0.25) is 11.8 Å². The van der Waals surface area contributed by atoms with Crippen molar-refractivity contribution in [2.45, 2.75) is 69.1 Å². The highest BCUT2D eigenvalue weighted by atomic mass is 16.3. The smallest absolute Gasteiger partial charge is 0.262 e. The minimum atomic E-state index is -1.94. The lowest BCUT2D eigenvalue weighted by molar-refractivity contribution is -0.140. The molecular formula is C30H35N3O5. The standard InChI is InChI=1S/C30H35N3O5/c34-18-21(17-20-14-15-31-27(20)35)32-28(36)26(16-19-8-2-1-3-9-19)33-29(37)30(38)24-12-6-4-10-22(24)23-11-5-7-13-25(23)30/h4-7,10-13,18-21,26,38H,1-3,8-9,14-17H2,(H,31,35)(H,32,36)(H,33,37)/t20-,21+,26+/m1/s1. The zero-order valence-corrected chi connectivity index (χ0v) is 21.4. The van der Waals surface area contributed by atoms with Crippen molar-refractivity contribution in [2.24, 2.45) is 11.8 Å². The van der Waals surface area contributed by atoms with Crippen molar-refractivity contribution in [3.63, 3.8) is 0 Å². The molecular weight excluding hydrogens is 482 g/mol. The zero-order valence-electron chi connectivity index (χ0n) is 21.4. The molecule has 3 atom stereocenters. The molecule has 3 aliphatic rings. The maximum atomic E-state index is 13.9. The molecule has 0 aromatic heterocycles. The summed E-state index contributed by atoms with van der Waals surface area (Å²) in [4.78, 5) is 51.2. The maximum Gasteiger partial charge on any atom is 0.262 e. The van der Waals surface area contributed by atoms with Crippen molar-refractivity contribution < 1.29 is 24.3 Å². The lowest BCUT2D eigenvalue weighted by Gasteiger charge is -2.31. The van der Waals surface area contributed by atoms with Gasteiger partial charge in [-0.15, -0.1) is 0 Å². The fraction of sp³-hybridized carbons (Fsp3) is 0.467. The number of hydrogen-bond acceptors (Lipinski definition) is 5. The van der Waals surface area contributed by atoms with Gasteiger partial charge >= 0.3 is 0 Å². The maximum absolute atomic E-state index is 13.9. The number of aldehydes is 1. The summed E-state index contributed by atoms with van der Waals surface area (Å²) in [7, 11) is 0. The van der Waals surface area contributed by atoms with Crippen LogP contribution in [0.2, 0.25) is 0 Å². The van der Waals surface area contributed by atoms with Crippen LogP contribution in [0.4, 0.5) is 0 Å². The van der Waals surface area contributed by atoms with Crippen molar-refractivity contribution in [3.8, 4) is 11.1 Å². The molecule has 0 unspecified atom stereocenters. The number of rotatable bonds is 9. The number of nitrogens with one attached hydrogen (secondary N) is 3. The molecule has 2 aromatic rings. The molecule has 4 N–H and O–H groups in total. The predicted molar refractivity (Wildman–Crippen MR) is 142 cm³/mol. The van der Waals surface area contributed by atoms with E-state index in [4.69, 9.17) is 0 Å². The van der Waals surface area contributed by atoms with Crippen molar-refractivity contribution in [3.05, 3.63) is 59.7 Å². The monoisotopic (exact) mass is 517 g/mol. The topological polar surface area (TPSA) is 125 Å². The molecule has 2 fully saturated rings. The third kappa shape index (κ3) is 4.97. The molecule has 2 aromatic carbocycles. The van der Waals surface area contributed by atoms with E-state index in [-0.39, 0.29) is 24.2 Å². The van der Waals surface area contributed by atoms with Crippen LogP contribution < -0.4 is 16.0 Å².